The molecule has 1 spiro atoms. The summed E-state index contributed by atoms with van der Waals surface area (Å²) in [4.78, 5) is 2.70. The van der Waals surface area contributed by atoms with Gasteiger partial charge in [-0.1, -0.05) is 31.0 Å². The van der Waals surface area contributed by atoms with Crippen molar-refractivity contribution in [3.63, 3.8) is 0 Å². The number of hydrogen-bond donors (Lipinski definition) is 0. The molecule has 1 saturated carbocycles. The van der Waals surface area contributed by atoms with Crippen LogP contribution in [0.25, 0.3) is 11.1 Å². The quantitative estimate of drug-likeness (QED) is 0.596. The zero-order valence-corrected chi connectivity index (χ0v) is 14.7. The highest BCUT2D eigenvalue weighted by Crippen LogP contribution is 2.59. The smallest absolute Gasteiger partial charge is 0.157 e. The van der Waals surface area contributed by atoms with E-state index in [4.69, 9.17) is 4.42 Å². The number of benzene rings is 1. The fraction of sp³-hybridized carbons (Fsp3) is 0.429. The summed E-state index contributed by atoms with van der Waals surface area (Å²) in [5.74, 6) is 0. The van der Waals surface area contributed by atoms with Gasteiger partial charge in [0.25, 0.3) is 0 Å². The first kappa shape index (κ1) is 14.2. The lowest BCUT2D eigenvalue weighted by Gasteiger charge is -2.41. The zero-order valence-electron chi connectivity index (χ0n) is 14.7. The largest absolute Gasteiger partial charge is 0.462 e. The fourth-order valence-corrected chi connectivity index (χ4v) is 5.44. The van der Waals surface area contributed by atoms with Crippen LogP contribution in [0.2, 0.25) is 0 Å². The van der Waals surface area contributed by atoms with Gasteiger partial charge in [-0.25, -0.2) is 0 Å². The number of aromatic nitrogens is 1. The van der Waals surface area contributed by atoms with Crippen LogP contribution in [0.1, 0.15) is 55.5 Å². The van der Waals surface area contributed by atoms with Crippen molar-refractivity contribution in [3.8, 4) is 0 Å². The highest BCUT2D eigenvalue weighted by atomic mass is 16.3. The monoisotopic (exact) mass is 320 g/mol. The Morgan fingerprint density at radius 3 is 2.62 bits per heavy atom. The van der Waals surface area contributed by atoms with Crippen LogP contribution < -0.4 is 4.90 Å². The van der Waals surface area contributed by atoms with Crippen molar-refractivity contribution in [2.45, 2.75) is 51.1 Å². The Hall–Kier alpha value is -2.16. The van der Waals surface area contributed by atoms with Crippen LogP contribution in [0.5, 0.6) is 0 Å². The topological polar surface area (TPSA) is 21.3 Å². The summed E-state index contributed by atoms with van der Waals surface area (Å²) >= 11 is 0. The average molecular weight is 320 g/mol. The van der Waals surface area contributed by atoms with Crippen LogP contribution in [0, 0.1) is 6.92 Å². The number of furan rings is 1. The third-order valence-electron chi connectivity index (χ3n) is 6.37. The Kier molecular flexibility index (Phi) is 2.77. The maximum atomic E-state index is 5.98. The molecule has 3 nitrogen and oxygen atoms in total. The molecule has 0 N–H and O–H groups in total. The molecule has 0 bridgehead atoms. The van der Waals surface area contributed by atoms with E-state index >= 15 is 0 Å². The molecule has 2 aliphatic rings. The Morgan fingerprint density at radius 2 is 1.88 bits per heavy atom. The van der Waals surface area contributed by atoms with E-state index in [1.807, 2.05) is 6.26 Å². The molecular formula is C21H24N2O. The molecular weight excluding hydrogens is 296 g/mol. The van der Waals surface area contributed by atoms with Gasteiger partial charge in [0.05, 0.1) is 23.4 Å². The average Bonchev–Trinajstić information content (AvgIpc) is 3.30. The molecule has 1 aliphatic heterocycles. The van der Waals surface area contributed by atoms with Crippen molar-refractivity contribution in [2.24, 2.45) is 7.05 Å². The molecule has 0 saturated heterocycles. The van der Waals surface area contributed by atoms with Crippen molar-refractivity contribution in [1.29, 1.82) is 0 Å². The van der Waals surface area contributed by atoms with Gasteiger partial charge in [-0.2, -0.15) is 0 Å². The number of hydrogen-bond acceptors (Lipinski definition) is 2. The van der Waals surface area contributed by atoms with Crippen molar-refractivity contribution in [3.05, 3.63) is 53.4 Å². The van der Waals surface area contributed by atoms with Crippen LogP contribution in [0.3, 0.4) is 0 Å². The predicted molar refractivity (Wildman–Crippen MR) is 97.4 cm³/mol. The van der Waals surface area contributed by atoms with Gasteiger partial charge in [0, 0.05) is 30.1 Å². The number of rotatable bonds is 1. The number of aryl methyl sites for hydroxylation is 2. The second-order valence-electron chi connectivity index (χ2n) is 7.53. The number of fused-ring (bicyclic) bond motifs is 4. The molecule has 1 atom stereocenters. The van der Waals surface area contributed by atoms with Gasteiger partial charge in [0.2, 0.25) is 0 Å². The van der Waals surface area contributed by atoms with Gasteiger partial charge >= 0.3 is 0 Å². The number of anilines is 1. The van der Waals surface area contributed by atoms with E-state index in [-0.39, 0.29) is 5.54 Å². The molecule has 5 rings (SSSR count). The van der Waals surface area contributed by atoms with E-state index in [9.17, 15) is 0 Å². The number of nitrogens with zero attached hydrogens (tertiary/aromatic N) is 2. The summed E-state index contributed by atoms with van der Waals surface area (Å²) in [5.41, 5.74) is 8.08. The zero-order chi connectivity index (χ0) is 16.5. The summed E-state index contributed by atoms with van der Waals surface area (Å²) in [5, 5.41) is 0. The Labute approximate surface area is 142 Å². The van der Waals surface area contributed by atoms with Gasteiger partial charge in [-0.3, -0.25) is 0 Å². The van der Waals surface area contributed by atoms with Crippen LogP contribution in [-0.4, -0.2) is 4.57 Å². The maximum absolute atomic E-state index is 5.98. The predicted octanol–water partition coefficient (Wildman–Crippen LogP) is 5.43. The summed E-state index contributed by atoms with van der Waals surface area (Å²) in [6.45, 7) is 4.59. The summed E-state index contributed by atoms with van der Waals surface area (Å²) in [7, 11) is 2.19. The van der Waals surface area contributed by atoms with Gasteiger partial charge in [-0.15, -0.1) is 0 Å². The Morgan fingerprint density at radius 1 is 1.12 bits per heavy atom. The summed E-state index contributed by atoms with van der Waals surface area (Å²) in [6.07, 6.45) is 6.88. The molecule has 124 valence electrons. The number of para-hydroxylation sites is 1. The Balaban J connectivity index is 1.82. The van der Waals surface area contributed by atoms with Crippen LogP contribution in [0.4, 0.5) is 5.69 Å². The van der Waals surface area contributed by atoms with Crippen molar-refractivity contribution < 1.29 is 4.42 Å². The van der Waals surface area contributed by atoms with Crippen molar-refractivity contribution in [1.82, 2.24) is 4.57 Å². The van der Waals surface area contributed by atoms with Gasteiger partial charge in [-0.05, 0) is 38.3 Å². The summed E-state index contributed by atoms with van der Waals surface area (Å²) in [6, 6.07) is 11.3. The highest BCUT2D eigenvalue weighted by Gasteiger charge is 2.54. The molecule has 3 heterocycles. The minimum atomic E-state index is 0.0955. The van der Waals surface area contributed by atoms with Crippen LogP contribution >= 0.6 is 0 Å². The molecule has 3 heteroatoms. The highest BCUT2D eigenvalue weighted by molar-refractivity contribution is 5.85. The van der Waals surface area contributed by atoms with E-state index in [2.05, 4.69) is 60.7 Å². The summed E-state index contributed by atoms with van der Waals surface area (Å²) < 4.78 is 8.34. The van der Waals surface area contributed by atoms with E-state index in [1.54, 1.807) is 0 Å². The standard InChI is InChI=1S/C21H24N2O/c1-14-8-4-5-9-16(14)23-15(2)19-18(21(23)11-6-7-12-21)20-17(22(19)3)10-13-24-20/h4-5,8-10,13,15H,6-7,11-12H2,1-3H3. The second kappa shape index (κ2) is 4.69. The van der Waals surface area contributed by atoms with Crippen molar-refractivity contribution in [2.75, 3.05) is 4.90 Å². The first-order chi connectivity index (χ1) is 11.6. The van der Waals surface area contributed by atoms with E-state index in [1.165, 1.54) is 53.7 Å². The first-order valence-corrected chi connectivity index (χ1v) is 9.06. The van der Waals surface area contributed by atoms with Crippen molar-refractivity contribution >= 4 is 16.8 Å². The normalized spacial score (nSPS) is 22.0. The lowest BCUT2D eigenvalue weighted by Crippen LogP contribution is -2.40. The maximum Gasteiger partial charge on any atom is 0.157 e. The van der Waals surface area contributed by atoms with Gasteiger partial charge in [0.1, 0.15) is 0 Å². The minimum absolute atomic E-state index is 0.0955. The van der Waals surface area contributed by atoms with Crippen LogP contribution in [-0.2, 0) is 12.6 Å². The Bertz CT molecular complexity index is 927. The molecule has 1 aliphatic carbocycles. The van der Waals surface area contributed by atoms with Crippen LogP contribution in [0.15, 0.2) is 41.0 Å². The molecule has 2 aromatic heterocycles. The van der Waals surface area contributed by atoms with Gasteiger partial charge in [0.15, 0.2) is 5.58 Å². The molecule has 0 amide bonds. The SMILES string of the molecule is Cc1ccccc1N1C(C)c2c(c3occc3n2C)C12CCCC2. The molecule has 1 aromatic carbocycles. The second-order valence-corrected chi connectivity index (χ2v) is 7.53. The first-order valence-electron chi connectivity index (χ1n) is 9.06. The minimum Gasteiger partial charge on any atom is -0.462 e. The molecule has 3 aromatic rings. The van der Waals surface area contributed by atoms with E-state index in [0.29, 0.717) is 6.04 Å². The molecule has 24 heavy (non-hydrogen) atoms. The lowest BCUT2D eigenvalue weighted by atomic mass is 9.89. The lowest BCUT2D eigenvalue weighted by molar-refractivity contribution is 0.412. The van der Waals surface area contributed by atoms with Gasteiger partial charge < -0.3 is 13.9 Å². The van der Waals surface area contributed by atoms with E-state index in [0.717, 1.165) is 5.58 Å². The molecule has 0 radical (unpaired) electrons. The third-order valence-corrected chi connectivity index (χ3v) is 6.37. The third kappa shape index (κ3) is 1.53. The molecule has 1 unspecified atom stereocenters. The fourth-order valence-electron chi connectivity index (χ4n) is 5.44. The molecule has 1 fully saturated rings. The van der Waals surface area contributed by atoms with E-state index < -0.39 is 0 Å².